The lowest BCUT2D eigenvalue weighted by molar-refractivity contribution is -0.133. The van der Waals surface area contributed by atoms with Gasteiger partial charge in [-0.05, 0) is 57.0 Å². The molecule has 1 saturated heterocycles. The smallest absolute Gasteiger partial charge is 0.419 e. The van der Waals surface area contributed by atoms with E-state index in [1.54, 1.807) is 46.0 Å². The number of rotatable bonds is 5. The Morgan fingerprint density at radius 1 is 1.34 bits per heavy atom. The van der Waals surface area contributed by atoms with Gasteiger partial charge in [-0.15, -0.1) is 11.3 Å². The quantitative estimate of drug-likeness (QED) is 0.520. The number of benzene rings is 1. The van der Waals surface area contributed by atoms with Crippen LogP contribution in [0.25, 0.3) is 21.5 Å². The maximum atomic E-state index is 14.8. The zero-order valence-corrected chi connectivity index (χ0v) is 22.4. The second kappa shape index (κ2) is 11.0. The van der Waals surface area contributed by atoms with Gasteiger partial charge in [0.05, 0.1) is 18.1 Å². The Bertz CT molecular complexity index is 1450. The summed E-state index contributed by atoms with van der Waals surface area (Å²) in [5.74, 6) is -1.55. The van der Waals surface area contributed by atoms with Crippen LogP contribution >= 0.6 is 11.3 Å². The van der Waals surface area contributed by atoms with Crippen molar-refractivity contribution < 1.29 is 27.9 Å². The molecule has 10 nitrogen and oxygen atoms in total. The number of thiophene rings is 1. The average molecular weight is 545 g/mol. The lowest BCUT2D eigenvalue weighted by atomic mass is 10.1. The zero-order valence-electron chi connectivity index (χ0n) is 21.6. The van der Waals surface area contributed by atoms with Crippen LogP contribution in [0.4, 0.5) is 9.18 Å². The molecule has 1 fully saturated rings. The average Bonchev–Trinajstić information content (AvgIpc) is 3.22. The summed E-state index contributed by atoms with van der Waals surface area (Å²) in [6.45, 7) is 5.90. The monoisotopic (exact) mass is 544 g/mol. The molecule has 202 valence electrons. The van der Waals surface area contributed by atoms with E-state index in [1.807, 2.05) is 6.07 Å². The number of carbonyl (C=O) groups is 2. The molecule has 12 heteroatoms. The molecule has 2 amide bonds. The molecule has 0 saturated carbocycles. The highest BCUT2D eigenvalue weighted by Crippen LogP contribution is 2.33. The molecule has 0 aliphatic carbocycles. The van der Waals surface area contributed by atoms with Gasteiger partial charge in [-0.25, -0.2) is 14.0 Å². The molecule has 1 aromatic carbocycles. The van der Waals surface area contributed by atoms with Crippen LogP contribution in [0.1, 0.15) is 32.1 Å². The van der Waals surface area contributed by atoms with Crippen LogP contribution < -0.4 is 11.1 Å². The molecule has 0 bridgehead atoms. The predicted molar refractivity (Wildman–Crippen MR) is 138 cm³/mol. The van der Waals surface area contributed by atoms with E-state index in [0.29, 0.717) is 39.4 Å². The Hall–Kier alpha value is -3.69. The number of ether oxygens (including phenoxy) is 2. The summed E-state index contributed by atoms with van der Waals surface area (Å²) in [7, 11) is 1.59. The predicted octanol–water partition coefficient (Wildman–Crippen LogP) is 3.58. The fourth-order valence-electron chi connectivity index (χ4n) is 4.02. The molecule has 1 unspecified atom stereocenters. The molecule has 0 spiro atoms. The number of aryl methyl sites for hydroxylation is 1. The maximum absolute atomic E-state index is 14.8. The second-order valence-corrected chi connectivity index (χ2v) is 11.2. The van der Waals surface area contributed by atoms with Crippen LogP contribution in [0, 0.1) is 17.1 Å². The van der Waals surface area contributed by atoms with Crippen LogP contribution in [0.5, 0.6) is 0 Å². The molecule has 1 aliphatic heterocycles. The summed E-state index contributed by atoms with van der Waals surface area (Å²) in [6.07, 6.45) is -1.04. The number of nitrogens with zero attached hydrogens (tertiary/aromatic N) is 3. The van der Waals surface area contributed by atoms with Crippen molar-refractivity contribution in [2.75, 3.05) is 19.7 Å². The lowest BCUT2D eigenvalue weighted by Gasteiger charge is -2.27. The van der Waals surface area contributed by atoms with Gasteiger partial charge in [0, 0.05) is 36.4 Å². The summed E-state index contributed by atoms with van der Waals surface area (Å²) in [5.41, 5.74) is 1.01. The first-order valence-corrected chi connectivity index (χ1v) is 12.9. The number of fused-ring (bicyclic) bond motifs is 1. The third-order valence-electron chi connectivity index (χ3n) is 5.92. The molecular weight excluding hydrogens is 515 g/mol. The highest BCUT2D eigenvalue weighted by Gasteiger charge is 2.31. The summed E-state index contributed by atoms with van der Waals surface area (Å²) in [5, 5.41) is 12.3. The third-order valence-corrected chi connectivity index (χ3v) is 7.10. The van der Waals surface area contributed by atoms with Gasteiger partial charge in [0.2, 0.25) is 0 Å². The van der Waals surface area contributed by atoms with Gasteiger partial charge in [-0.2, -0.15) is 5.26 Å². The minimum atomic E-state index is -1.01. The third kappa shape index (κ3) is 6.23. The van der Waals surface area contributed by atoms with E-state index in [9.17, 15) is 24.0 Å². The van der Waals surface area contributed by atoms with E-state index in [4.69, 9.17) is 13.9 Å². The first kappa shape index (κ1) is 27.3. The van der Waals surface area contributed by atoms with E-state index in [1.165, 1.54) is 15.5 Å². The molecule has 2 aromatic heterocycles. The summed E-state index contributed by atoms with van der Waals surface area (Å²) in [6, 6.07) is 7.47. The first-order valence-electron chi connectivity index (χ1n) is 12.1. The minimum absolute atomic E-state index is 0.0185. The van der Waals surface area contributed by atoms with Gasteiger partial charge in [0.1, 0.15) is 17.5 Å². The number of aromatic nitrogens is 1. The van der Waals surface area contributed by atoms with Crippen molar-refractivity contribution >= 4 is 34.4 Å². The van der Waals surface area contributed by atoms with Crippen LogP contribution in [0.3, 0.4) is 0 Å². The van der Waals surface area contributed by atoms with E-state index < -0.39 is 41.3 Å². The fraction of sp³-hybridized carbons (Fsp3) is 0.462. The van der Waals surface area contributed by atoms with Crippen molar-refractivity contribution in [3.63, 3.8) is 0 Å². The molecule has 3 aromatic rings. The molecule has 0 radical (unpaired) electrons. The largest absolute Gasteiger partial charge is 0.444 e. The number of hydrogen-bond acceptors (Lipinski definition) is 8. The van der Waals surface area contributed by atoms with Crippen LogP contribution in [0.15, 0.2) is 33.5 Å². The summed E-state index contributed by atoms with van der Waals surface area (Å²) >= 11 is 1.16. The van der Waals surface area contributed by atoms with Gasteiger partial charge in [-0.3, -0.25) is 9.36 Å². The molecule has 3 heterocycles. The molecule has 38 heavy (non-hydrogen) atoms. The minimum Gasteiger partial charge on any atom is -0.444 e. The van der Waals surface area contributed by atoms with Gasteiger partial charge in [0.25, 0.3) is 5.91 Å². The Balaban J connectivity index is 1.44. The first-order chi connectivity index (χ1) is 17.9. The van der Waals surface area contributed by atoms with E-state index in [2.05, 4.69) is 5.32 Å². The zero-order chi connectivity index (χ0) is 27.6. The Morgan fingerprint density at radius 2 is 2.11 bits per heavy atom. The van der Waals surface area contributed by atoms with E-state index in [0.717, 1.165) is 11.3 Å². The SMILES string of the molecule is Cn1c(=O)oc2ccc(-c3cc(F)c(CC(C#N)NC(=O)[C@@H]4CN(C(=O)OC(C)(C)C)CCCO4)s3)cc21. The number of oxazole rings is 1. The summed E-state index contributed by atoms with van der Waals surface area (Å²) in [4.78, 5) is 39.5. The Labute approximate surface area is 222 Å². The number of hydrogen-bond donors (Lipinski definition) is 1. The molecular formula is C26H29FN4O6S. The topological polar surface area (TPSA) is 127 Å². The molecule has 4 rings (SSSR count). The standard InChI is InChI=1S/C26H29FN4O6S/c1-26(2,3)37-25(34)31-8-5-9-35-20(14-31)23(32)29-16(13-28)11-22-17(27)12-21(38-22)15-6-7-19-18(10-15)30(4)24(33)36-19/h6-7,10,12,16,20H,5,8-9,11,14H2,1-4H3,(H,29,32)/t16?,20-/m0/s1. The van der Waals surface area contributed by atoms with Crippen molar-refractivity contribution in [3.8, 4) is 16.5 Å². The highest BCUT2D eigenvalue weighted by atomic mass is 32.1. The normalized spacial score (nSPS) is 17.1. The maximum Gasteiger partial charge on any atom is 0.419 e. The van der Waals surface area contributed by atoms with Gasteiger partial charge >= 0.3 is 11.8 Å². The number of nitrogens with one attached hydrogen (secondary N) is 1. The van der Waals surface area contributed by atoms with Gasteiger partial charge in [0.15, 0.2) is 11.7 Å². The van der Waals surface area contributed by atoms with Crippen LogP contribution in [-0.2, 0) is 27.7 Å². The van der Waals surface area contributed by atoms with E-state index >= 15 is 0 Å². The fourth-order valence-corrected chi connectivity index (χ4v) is 5.10. The van der Waals surface area contributed by atoms with Crippen molar-refractivity contribution in [3.05, 3.63) is 45.5 Å². The molecule has 2 atom stereocenters. The highest BCUT2D eigenvalue weighted by molar-refractivity contribution is 7.15. The van der Waals surface area contributed by atoms with Crippen molar-refractivity contribution in [1.82, 2.24) is 14.8 Å². The van der Waals surface area contributed by atoms with Crippen molar-refractivity contribution in [1.29, 1.82) is 5.26 Å². The van der Waals surface area contributed by atoms with Crippen LogP contribution in [-0.4, -0.2) is 58.9 Å². The van der Waals surface area contributed by atoms with Crippen molar-refractivity contribution in [2.45, 2.75) is 51.4 Å². The number of amides is 2. The van der Waals surface area contributed by atoms with Gasteiger partial charge < -0.3 is 24.1 Å². The second-order valence-electron chi connectivity index (χ2n) is 10.0. The van der Waals surface area contributed by atoms with Gasteiger partial charge in [-0.1, -0.05) is 0 Å². The van der Waals surface area contributed by atoms with Crippen LogP contribution in [0.2, 0.25) is 0 Å². The van der Waals surface area contributed by atoms with E-state index in [-0.39, 0.29) is 19.6 Å². The lowest BCUT2D eigenvalue weighted by Crippen LogP contribution is -2.48. The molecule has 1 N–H and O–H groups in total. The molecule has 1 aliphatic rings. The number of nitriles is 1. The Morgan fingerprint density at radius 3 is 2.82 bits per heavy atom. The van der Waals surface area contributed by atoms with Crippen molar-refractivity contribution in [2.24, 2.45) is 7.05 Å². The summed E-state index contributed by atoms with van der Waals surface area (Å²) < 4.78 is 32.4. The number of carbonyl (C=O) groups excluding carboxylic acids is 2. The number of halogens is 1. The Kier molecular flexibility index (Phi) is 7.89.